The van der Waals surface area contributed by atoms with Crippen molar-refractivity contribution in [1.29, 1.82) is 0 Å². The summed E-state index contributed by atoms with van der Waals surface area (Å²) in [5.74, 6) is 2.40. The first kappa shape index (κ1) is 23.8. The van der Waals surface area contributed by atoms with Crippen molar-refractivity contribution < 1.29 is 14.3 Å². The van der Waals surface area contributed by atoms with Gasteiger partial charge in [0.05, 0.1) is 5.41 Å². The minimum Gasteiger partial charge on any atom is -0.492 e. The molecular weight excluding hydrogens is 412 g/mol. The van der Waals surface area contributed by atoms with Crippen molar-refractivity contribution in [3.63, 3.8) is 0 Å². The Kier molecular flexibility index (Phi) is 7.71. The van der Waals surface area contributed by atoms with Gasteiger partial charge in [0, 0.05) is 38.5 Å². The Morgan fingerprint density at radius 1 is 1.09 bits per heavy atom. The highest BCUT2D eigenvalue weighted by Gasteiger charge is 2.41. The van der Waals surface area contributed by atoms with Gasteiger partial charge in [0.1, 0.15) is 12.4 Å². The van der Waals surface area contributed by atoms with Crippen LogP contribution in [0.4, 0.5) is 5.69 Å². The average molecular weight is 451 g/mol. The Morgan fingerprint density at radius 3 is 2.45 bits per heavy atom. The highest BCUT2D eigenvalue weighted by Crippen LogP contribution is 2.36. The van der Waals surface area contributed by atoms with Crippen LogP contribution in [0.1, 0.15) is 44.2 Å². The molecule has 2 aromatic rings. The van der Waals surface area contributed by atoms with Crippen LogP contribution in [-0.4, -0.2) is 50.3 Å². The molecule has 2 saturated heterocycles. The van der Waals surface area contributed by atoms with Crippen LogP contribution in [0.15, 0.2) is 48.5 Å². The lowest BCUT2D eigenvalue weighted by Crippen LogP contribution is -2.44. The molecule has 2 unspecified atom stereocenters. The van der Waals surface area contributed by atoms with E-state index < -0.39 is 5.41 Å². The van der Waals surface area contributed by atoms with E-state index in [4.69, 9.17) is 9.47 Å². The molecule has 2 fully saturated rings. The Labute approximate surface area is 198 Å². The lowest BCUT2D eigenvalue weighted by Gasteiger charge is -2.36. The van der Waals surface area contributed by atoms with Crippen molar-refractivity contribution in [3.05, 3.63) is 59.7 Å². The molecule has 1 amide bonds. The van der Waals surface area contributed by atoms with Gasteiger partial charge in [-0.05, 0) is 67.9 Å². The first-order valence-electron chi connectivity index (χ1n) is 12.4. The van der Waals surface area contributed by atoms with Crippen molar-refractivity contribution in [2.75, 3.05) is 44.8 Å². The van der Waals surface area contributed by atoms with Gasteiger partial charge in [0.2, 0.25) is 5.91 Å². The largest absolute Gasteiger partial charge is 0.492 e. The number of carbonyl (C=O) groups is 1. The standard InChI is InChI=1S/C28H38N2O3/c1-21-5-4-6-24(18-21)28(11-14-32-15-12-28)27(31)29-25-7-9-26(10-8-25)33-16-13-30-19-22(2)17-23(3)20-30/h4-10,18,22-23H,11-17,19-20H2,1-3H3,(H,29,31). The van der Waals surface area contributed by atoms with Crippen molar-refractivity contribution in [1.82, 2.24) is 4.90 Å². The molecule has 0 aliphatic carbocycles. The van der Waals surface area contributed by atoms with Crippen LogP contribution in [0.5, 0.6) is 5.75 Å². The van der Waals surface area contributed by atoms with Gasteiger partial charge in [-0.3, -0.25) is 9.69 Å². The highest BCUT2D eigenvalue weighted by atomic mass is 16.5. The summed E-state index contributed by atoms with van der Waals surface area (Å²) in [6.07, 6.45) is 2.71. The zero-order chi connectivity index (χ0) is 23.3. The first-order chi connectivity index (χ1) is 15.9. The summed E-state index contributed by atoms with van der Waals surface area (Å²) in [5, 5.41) is 3.16. The van der Waals surface area contributed by atoms with Crippen LogP contribution in [0.2, 0.25) is 0 Å². The second-order valence-electron chi connectivity index (χ2n) is 10.1. The molecule has 2 heterocycles. The number of anilines is 1. The zero-order valence-electron chi connectivity index (χ0n) is 20.3. The van der Waals surface area contributed by atoms with Gasteiger partial charge in [-0.15, -0.1) is 0 Å². The summed E-state index contributed by atoms with van der Waals surface area (Å²) >= 11 is 0. The fourth-order valence-corrected chi connectivity index (χ4v) is 5.46. The molecule has 2 aliphatic rings. The van der Waals surface area contributed by atoms with E-state index in [1.807, 2.05) is 30.3 Å². The van der Waals surface area contributed by atoms with Crippen molar-refractivity contribution in [3.8, 4) is 5.75 Å². The normalized spacial score (nSPS) is 23.1. The van der Waals surface area contributed by atoms with Gasteiger partial charge >= 0.3 is 0 Å². The monoisotopic (exact) mass is 450 g/mol. The lowest BCUT2D eigenvalue weighted by atomic mass is 9.73. The summed E-state index contributed by atoms with van der Waals surface area (Å²) in [5.41, 5.74) is 2.48. The van der Waals surface area contributed by atoms with E-state index >= 15 is 0 Å². The number of carbonyl (C=O) groups excluding carboxylic acids is 1. The maximum atomic E-state index is 13.5. The number of amides is 1. The van der Waals surface area contributed by atoms with Crippen LogP contribution in [0.25, 0.3) is 0 Å². The topological polar surface area (TPSA) is 50.8 Å². The molecule has 5 nitrogen and oxygen atoms in total. The smallest absolute Gasteiger partial charge is 0.235 e. The van der Waals surface area contributed by atoms with E-state index in [-0.39, 0.29) is 5.91 Å². The SMILES string of the molecule is Cc1cccc(C2(C(=O)Nc3ccc(OCCN4CC(C)CC(C)C4)cc3)CCOCC2)c1. The summed E-state index contributed by atoms with van der Waals surface area (Å²) in [6.45, 7) is 11.9. The highest BCUT2D eigenvalue weighted by molar-refractivity contribution is 5.99. The molecule has 1 N–H and O–H groups in total. The number of rotatable bonds is 7. The Hall–Kier alpha value is -2.37. The molecule has 5 heteroatoms. The number of nitrogens with one attached hydrogen (secondary N) is 1. The Bertz CT molecular complexity index is 911. The minimum atomic E-state index is -0.553. The number of nitrogens with zero attached hydrogens (tertiary/aromatic N) is 1. The van der Waals surface area contributed by atoms with Crippen LogP contribution in [0.3, 0.4) is 0 Å². The Balaban J connectivity index is 1.35. The number of hydrogen-bond acceptors (Lipinski definition) is 4. The number of ether oxygens (including phenoxy) is 2. The predicted octanol–water partition coefficient (Wildman–Crippen LogP) is 5.04. The van der Waals surface area contributed by atoms with E-state index in [1.165, 1.54) is 12.0 Å². The number of likely N-dealkylation sites (tertiary alicyclic amines) is 1. The van der Waals surface area contributed by atoms with Crippen molar-refractivity contribution in [2.45, 2.75) is 45.4 Å². The summed E-state index contributed by atoms with van der Waals surface area (Å²) in [6, 6.07) is 16.1. The molecule has 2 aromatic carbocycles. The van der Waals surface area contributed by atoms with Gasteiger partial charge in [-0.25, -0.2) is 0 Å². The van der Waals surface area contributed by atoms with Crippen LogP contribution >= 0.6 is 0 Å². The second kappa shape index (κ2) is 10.7. The van der Waals surface area contributed by atoms with Gasteiger partial charge in [-0.2, -0.15) is 0 Å². The van der Waals surface area contributed by atoms with Gasteiger partial charge in [0.25, 0.3) is 0 Å². The predicted molar refractivity (Wildman–Crippen MR) is 133 cm³/mol. The van der Waals surface area contributed by atoms with Crippen LogP contribution < -0.4 is 10.1 Å². The number of hydrogen-bond donors (Lipinski definition) is 1. The number of benzene rings is 2. The maximum absolute atomic E-state index is 13.5. The minimum absolute atomic E-state index is 0.0402. The third kappa shape index (κ3) is 5.96. The first-order valence-corrected chi connectivity index (χ1v) is 12.4. The molecule has 4 rings (SSSR count). The van der Waals surface area contributed by atoms with E-state index in [9.17, 15) is 4.79 Å². The van der Waals surface area contributed by atoms with E-state index in [0.717, 1.165) is 48.5 Å². The third-order valence-corrected chi connectivity index (χ3v) is 7.08. The molecule has 0 aromatic heterocycles. The van der Waals surface area contributed by atoms with Gasteiger partial charge in [-0.1, -0.05) is 43.7 Å². The summed E-state index contributed by atoms with van der Waals surface area (Å²) in [7, 11) is 0. The number of piperidine rings is 1. The van der Waals surface area contributed by atoms with E-state index in [1.54, 1.807) is 0 Å². The Morgan fingerprint density at radius 2 is 1.79 bits per heavy atom. The van der Waals surface area contributed by atoms with Crippen LogP contribution in [-0.2, 0) is 14.9 Å². The summed E-state index contributed by atoms with van der Waals surface area (Å²) < 4.78 is 11.6. The molecule has 33 heavy (non-hydrogen) atoms. The maximum Gasteiger partial charge on any atom is 0.235 e. The average Bonchev–Trinajstić information content (AvgIpc) is 2.80. The van der Waals surface area contributed by atoms with Crippen molar-refractivity contribution >= 4 is 11.6 Å². The quantitative estimate of drug-likeness (QED) is 0.642. The molecule has 0 radical (unpaired) electrons. The molecule has 2 atom stereocenters. The van der Waals surface area contributed by atoms with E-state index in [2.05, 4.69) is 49.2 Å². The zero-order valence-corrected chi connectivity index (χ0v) is 20.3. The molecular formula is C28H38N2O3. The van der Waals surface area contributed by atoms with Crippen LogP contribution in [0, 0.1) is 18.8 Å². The van der Waals surface area contributed by atoms with Gasteiger partial charge in [0.15, 0.2) is 0 Å². The van der Waals surface area contributed by atoms with Crippen molar-refractivity contribution in [2.24, 2.45) is 11.8 Å². The second-order valence-corrected chi connectivity index (χ2v) is 10.1. The number of aryl methyl sites for hydroxylation is 1. The third-order valence-electron chi connectivity index (χ3n) is 7.08. The molecule has 178 valence electrons. The summed E-state index contributed by atoms with van der Waals surface area (Å²) in [4.78, 5) is 16.0. The molecule has 0 bridgehead atoms. The van der Waals surface area contributed by atoms with E-state index in [0.29, 0.717) is 32.7 Å². The molecule has 2 aliphatic heterocycles. The fourth-order valence-electron chi connectivity index (χ4n) is 5.46. The fraction of sp³-hybridized carbons (Fsp3) is 0.536. The lowest BCUT2D eigenvalue weighted by molar-refractivity contribution is -0.125. The molecule has 0 spiro atoms. The van der Waals surface area contributed by atoms with Gasteiger partial charge < -0.3 is 14.8 Å². The molecule has 0 saturated carbocycles.